The Kier molecular flexibility index (Phi) is 4.09. The summed E-state index contributed by atoms with van der Waals surface area (Å²) in [5, 5.41) is 0.0964. The highest BCUT2D eigenvalue weighted by Gasteiger charge is 2.07. The molecule has 2 aromatic carbocycles. The van der Waals surface area contributed by atoms with Gasteiger partial charge < -0.3 is 10.5 Å². The Bertz CT molecular complexity index is 557. The van der Waals surface area contributed by atoms with E-state index in [9.17, 15) is 4.39 Å². The number of anilines is 1. The Labute approximate surface area is 118 Å². The van der Waals surface area contributed by atoms with Crippen LogP contribution in [-0.2, 0) is 6.61 Å². The second-order valence-corrected chi connectivity index (χ2v) is 4.96. The monoisotopic (exact) mass is 329 g/mol. The lowest BCUT2D eigenvalue weighted by atomic mass is 10.2. The molecule has 0 aromatic heterocycles. The minimum absolute atomic E-state index is 0.0964. The predicted octanol–water partition coefficient (Wildman–Crippen LogP) is 4.40. The largest absolute Gasteiger partial charge is 0.486 e. The zero-order valence-electron chi connectivity index (χ0n) is 9.29. The van der Waals surface area contributed by atoms with Crippen LogP contribution in [-0.4, -0.2) is 0 Å². The molecule has 94 valence electrons. The summed E-state index contributed by atoms with van der Waals surface area (Å²) in [6.45, 7) is 0.223. The molecule has 0 aliphatic carbocycles. The number of ether oxygens (including phenoxy) is 1. The zero-order chi connectivity index (χ0) is 13.1. The van der Waals surface area contributed by atoms with Crippen LogP contribution in [0.1, 0.15) is 5.56 Å². The first kappa shape index (κ1) is 13.2. The standard InChI is InChI=1S/C13H10BrClFNO/c14-9-2-1-3-12(17)13(9)18-7-8-4-5-10(15)11(16)6-8/h1-6H,7,17H2. The molecule has 0 unspecified atom stereocenters. The first-order chi connectivity index (χ1) is 8.58. The van der Waals surface area contributed by atoms with Crippen molar-refractivity contribution in [2.75, 3.05) is 5.73 Å². The van der Waals surface area contributed by atoms with Crippen LogP contribution in [0.2, 0.25) is 5.02 Å². The Morgan fingerprint density at radius 3 is 2.72 bits per heavy atom. The Hall–Kier alpha value is -1.26. The summed E-state index contributed by atoms with van der Waals surface area (Å²) in [5.41, 5.74) is 7.00. The third-order valence-electron chi connectivity index (χ3n) is 2.36. The lowest BCUT2D eigenvalue weighted by Crippen LogP contribution is -2.00. The van der Waals surface area contributed by atoms with E-state index in [0.717, 1.165) is 4.47 Å². The van der Waals surface area contributed by atoms with E-state index in [4.69, 9.17) is 22.1 Å². The van der Waals surface area contributed by atoms with Gasteiger partial charge in [-0.1, -0.05) is 23.7 Å². The van der Waals surface area contributed by atoms with E-state index in [1.54, 1.807) is 12.1 Å². The number of para-hydroxylation sites is 1. The van der Waals surface area contributed by atoms with Crippen LogP contribution < -0.4 is 10.5 Å². The third-order valence-corrected chi connectivity index (χ3v) is 3.30. The number of hydrogen-bond acceptors (Lipinski definition) is 2. The highest BCUT2D eigenvalue weighted by atomic mass is 79.9. The minimum Gasteiger partial charge on any atom is -0.486 e. The van der Waals surface area contributed by atoms with E-state index in [2.05, 4.69) is 15.9 Å². The number of halogens is 3. The lowest BCUT2D eigenvalue weighted by Gasteiger charge is -2.10. The Morgan fingerprint density at radius 2 is 2.06 bits per heavy atom. The van der Waals surface area contributed by atoms with E-state index in [-0.39, 0.29) is 11.6 Å². The molecule has 2 aromatic rings. The van der Waals surface area contributed by atoms with Gasteiger partial charge in [-0.05, 0) is 45.8 Å². The van der Waals surface area contributed by atoms with Crippen molar-refractivity contribution >= 4 is 33.2 Å². The molecule has 0 atom stereocenters. The second kappa shape index (κ2) is 5.59. The fourth-order valence-electron chi connectivity index (χ4n) is 1.46. The molecule has 0 aliphatic rings. The summed E-state index contributed by atoms with van der Waals surface area (Å²) in [7, 11) is 0. The highest BCUT2D eigenvalue weighted by molar-refractivity contribution is 9.10. The van der Waals surface area contributed by atoms with Crippen molar-refractivity contribution in [3.05, 3.63) is 57.3 Å². The Morgan fingerprint density at radius 1 is 1.28 bits per heavy atom. The van der Waals surface area contributed by atoms with Crippen LogP contribution >= 0.6 is 27.5 Å². The molecule has 0 spiro atoms. The van der Waals surface area contributed by atoms with Crippen LogP contribution in [0.5, 0.6) is 5.75 Å². The van der Waals surface area contributed by atoms with Gasteiger partial charge in [-0.25, -0.2) is 4.39 Å². The van der Waals surface area contributed by atoms with Crippen molar-refractivity contribution in [3.63, 3.8) is 0 Å². The summed E-state index contributed by atoms with van der Waals surface area (Å²) >= 11 is 8.95. The molecule has 0 aliphatic heterocycles. The van der Waals surface area contributed by atoms with Crippen LogP contribution in [0.3, 0.4) is 0 Å². The van der Waals surface area contributed by atoms with Gasteiger partial charge in [0.15, 0.2) is 5.75 Å². The molecule has 0 fully saturated rings. The van der Waals surface area contributed by atoms with Crippen LogP contribution in [0.25, 0.3) is 0 Å². The maximum Gasteiger partial charge on any atom is 0.156 e. The number of hydrogen-bond donors (Lipinski definition) is 1. The number of nitrogens with two attached hydrogens (primary N) is 1. The van der Waals surface area contributed by atoms with Crippen molar-refractivity contribution in [2.45, 2.75) is 6.61 Å². The summed E-state index contributed by atoms with van der Waals surface area (Å²) < 4.78 is 19.6. The molecular formula is C13H10BrClFNO. The fraction of sp³-hybridized carbons (Fsp3) is 0.0769. The summed E-state index contributed by atoms with van der Waals surface area (Å²) in [6, 6.07) is 9.93. The van der Waals surface area contributed by atoms with Crippen molar-refractivity contribution in [3.8, 4) is 5.75 Å². The van der Waals surface area contributed by atoms with Gasteiger partial charge in [0, 0.05) is 0 Å². The van der Waals surface area contributed by atoms with Crippen LogP contribution in [0.15, 0.2) is 40.9 Å². The normalized spacial score (nSPS) is 10.4. The lowest BCUT2D eigenvalue weighted by molar-refractivity contribution is 0.305. The number of rotatable bonds is 3. The van der Waals surface area contributed by atoms with Crippen molar-refractivity contribution in [1.82, 2.24) is 0 Å². The highest BCUT2D eigenvalue weighted by Crippen LogP contribution is 2.31. The van der Waals surface area contributed by atoms with Crippen LogP contribution in [0, 0.1) is 5.82 Å². The van der Waals surface area contributed by atoms with Gasteiger partial charge in [0.1, 0.15) is 12.4 Å². The van der Waals surface area contributed by atoms with Gasteiger partial charge in [0.05, 0.1) is 15.2 Å². The van der Waals surface area contributed by atoms with E-state index >= 15 is 0 Å². The summed E-state index contributed by atoms with van der Waals surface area (Å²) in [4.78, 5) is 0. The van der Waals surface area contributed by atoms with Gasteiger partial charge in [-0.3, -0.25) is 0 Å². The topological polar surface area (TPSA) is 35.2 Å². The molecule has 0 bridgehead atoms. The summed E-state index contributed by atoms with van der Waals surface area (Å²) in [6.07, 6.45) is 0. The maximum absolute atomic E-state index is 13.2. The minimum atomic E-state index is -0.460. The molecule has 0 radical (unpaired) electrons. The molecule has 2 N–H and O–H groups in total. The van der Waals surface area contributed by atoms with Crippen molar-refractivity contribution in [1.29, 1.82) is 0 Å². The molecule has 0 saturated carbocycles. The first-order valence-electron chi connectivity index (χ1n) is 5.18. The van der Waals surface area contributed by atoms with Gasteiger partial charge in [-0.15, -0.1) is 0 Å². The average Bonchev–Trinajstić information content (AvgIpc) is 2.33. The molecule has 2 rings (SSSR count). The van der Waals surface area contributed by atoms with E-state index < -0.39 is 5.82 Å². The van der Waals surface area contributed by atoms with Crippen LogP contribution in [0.4, 0.5) is 10.1 Å². The quantitative estimate of drug-likeness (QED) is 0.846. The SMILES string of the molecule is Nc1cccc(Br)c1OCc1ccc(Cl)c(F)c1. The van der Waals surface area contributed by atoms with E-state index in [0.29, 0.717) is 17.0 Å². The maximum atomic E-state index is 13.2. The van der Waals surface area contributed by atoms with E-state index in [1.807, 2.05) is 12.1 Å². The van der Waals surface area contributed by atoms with Crippen molar-refractivity contribution < 1.29 is 9.13 Å². The first-order valence-corrected chi connectivity index (χ1v) is 6.35. The smallest absolute Gasteiger partial charge is 0.156 e. The third kappa shape index (κ3) is 2.94. The predicted molar refractivity (Wildman–Crippen MR) is 74.3 cm³/mol. The molecule has 5 heteroatoms. The zero-order valence-corrected chi connectivity index (χ0v) is 11.6. The molecular weight excluding hydrogens is 321 g/mol. The molecule has 0 saturated heterocycles. The molecule has 18 heavy (non-hydrogen) atoms. The second-order valence-electron chi connectivity index (χ2n) is 3.70. The van der Waals surface area contributed by atoms with Crippen molar-refractivity contribution in [2.24, 2.45) is 0 Å². The number of benzene rings is 2. The van der Waals surface area contributed by atoms with Gasteiger partial charge in [-0.2, -0.15) is 0 Å². The molecule has 0 amide bonds. The summed E-state index contributed by atoms with van der Waals surface area (Å²) in [5.74, 6) is 0.0886. The van der Waals surface area contributed by atoms with Gasteiger partial charge >= 0.3 is 0 Å². The van der Waals surface area contributed by atoms with E-state index in [1.165, 1.54) is 12.1 Å². The average molecular weight is 331 g/mol. The van der Waals surface area contributed by atoms with Gasteiger partial charge in [0.25, 0.3) is 0 Å². The molecule has 2 nitrogen and oxygen atoms in total. The number of nitrogen functional groups attached to an aromatic ring is 1. The fourth-order valence-corrected chi connectivity index (χ4v) is 2.08. The Balaban J connectivity index is 2.14. The molecule has 0 heterocycles. The van der Waals surface area contributed by atoms with Gasteiger partial charge in [0.2, 0.25) is 0 Å².